The zero-order valence-corrected chi connectivity index (χ0v) is 14.0. The highest BCUT2D eigenvalue weighted by atomic mass is 19.3. The molecule has 2 rings (SSSR count). The summed E-state index contributed by atoms with van der Waals surface area (Å²) in [6, 6.07) is 8.22. The molecule has 25 heavy (non-hydrogen) atoms. The van der Waals surface area contributed by atoms with Crippen LogP contribution in [0.25, 0.3) is 0 Å². The number of esters is 1. The normalized spacial score (nSPS) is 18.2. The van der Waals surface area contributed by atoms with Crippen LogP contribution in [0.1, 0.15) is 31.2 Å². The highest BCUT2D eigenvalue weighted by Crippen LogP contribution is 2.33. The zero-order chi connectivity index (χ0) is 18.2. The van der Waals surface area contributed by atoms with Crippen molar-refractivity contribution in [2.45, 2.75) is 38.3 Å². The molecule has 1 aliphatic rings. The van der Waals surface area contributed by atoms with Crippen molar-refractivity contribution >= 4 is 12.1 Å². The van der Waals surface area contributed by atoms with Gasteiger partial charge in [-0.2, -0.15) is 8.78 Å². The summed E-state index contributed by atoms with van der Waals surface area (Å²) < 4.78 is 35.1. The molecule has 1 saturated carbocycles. The first kappa shape index (κ1) is 18.9. The summed E-state index contributed by atoms with van der Waals surface area (Å²) in [5, 5.41) is 2.51. The molecule has 1 atom stereocenters. The van der Waals surface area contributed by atoms with Crippen molar-refractivity contribution in [3.63, 3.8) is 0 Å². The lowest BCUT2D eigenvalue weighted by atomic mass is 9.81. The van der Waals surface area contributed by atoms with Crippen molar-refractivity contribution in [1.29, 1.82) is 0 Å². The van der Waals surface area contributed by atoms with Crippen LogP contribution < -0.4 is 5.32 Å². The Morgan fingerprint density at radius 3 is 2.40 bits per heavy atom. The molecule has 0 radical (unpaired) electrons. The average molecular weight is 353 g/mol. The third kappa shape index (κ3) is 5.55. The van der Waals surface area contributed by atoms with Gasteiger partial charge in [-0.05, 0) is 42.7 Å². The van der Waals surface area contributed by atoms with E-state index in [-0.39, 0.29) is 30.9 Å². The van der Waals surface area contributed by atoms with E-state index in [2.05, 4.69) is 5.32 Å². The summed E-state index contributed by atoms with van der Waals surface area (Å²) in [6.07, 6.45) is -1.21. The van der Waals surface area contributed by atoms with Gasteiger partial charge in [0.2, 0.25) is 0 Å². The van der Waals surface area contributed by atoms with E-state index in [1.807, 2.05) is 30.3 Å². The summed E-state index contributed by atoms with van der Waals surface area (Å²) in [5.41, 5.74) is 0.935. The molecule has 0 spiro atoms. The molecular weight excluding hydrogens is 332 g/mol. The van der Waals surface area contributed by atoms with Crippen LogP contribution in [-0.2, 0) is 20.9 Å². The van der Waals surface area contributed by atoms with Crippen LogP contribution in [0.2, 0.25) is 0 Å². The van der Waals surface area contributed by atoms with Crippen molar-refractivity contribution < 1.29 is 27.8 Å². The number of carbonyl (C=O) groups is 2. The number of carbonyl (C=O) groups excluding carboxylic acids is 2. The first-order valence-electron chi connectivity index (χ1n) is 8.09. The number of rotatable bonds is 5. The molecule has 0 aliphatic heterocycles. The third-order valence-electron chi connectivity index (χ3n) is 4.31. The smallest absolute Gasteiger partial charge is 0.408 e. The highest BCUT2D eigenvalue weighted by Gasteiger charge is 2.33. The van der Waals surface area contributed by atoms with Gasteiger partial charge >= 0.3 is 12.1 Å². The maximum absolute atomic E-state index is 12.6. The number of alkyl carbamates (subject to hydrolysis) is 1. The molecule has 1 aliphatic carbocycles. The number of ether oxygens (including phenoxy) is 2. The number of amides is 1. The minimum Gasteiger partial charge on any atom is -0.467 e. The second kappa shape index (κ2) is 9.15. The number of methoxy groups -OCH3 is 1. The van der Waals surface area contributed by atoms with E-state index in [9.17, 15) is 18.4 Å². The molecule has 0 heterocycles. The van der Waals surface area contributed by atoms with Gasteiger partial charge in [0, 0.05) is 0 Å². The van der Waals surface area contributed by atoms with Crippen LogP contribution in [0.4, 0.5) is 13.6 Å². The number of nitrogens with one attached hydrogen (secondary N) is 1. The van der Waals surface area contributed by atoms with Gasteiger partial charge in [0.15, 0.2) is 0 Å². The summed E-state index contributed by atoms with van der Waals surface area (Å²) in [4.78, 5) is 24.0. The fourth-order valence-electron chi connectivity index (χ4n) is 2.90. The van der Waals surface area contributed by atoms with Crippen molar-refractivity contribution in [3.8, 4) is 0 Å². The Morgan fingerprint density at radius 2 is 1.84 bits per heavy atom. The fourth-order valence-corrected chi connectivity index (χ4v) is 2.90. The molecule has 1 aromatic carbocycles. The largest absolute Gasteiger partial charge is 0.467 e. The number of benzene rings is 1. The second-order valence-corrected chi connectivity index (χ2v) is 5.91. The first-order chi connectivity index (χ1) is 12.0. The minimum absolute atomic E-state index is 0.0746. The molecule has 0 unspecified atom stereocenters. The van der Waals surface area contributed by atoms with Gasteiger partial charge in [-0.1, -0.05) is 30.3 Å². The van der Waals surface area contributed by atoms with E-state index in [4.69, 9.17) is 9.47 Å². The van der Waals surface area contributed by atoms with Crippen molar-refractivity contribution in [2.75, 3.05) is 7.11 Å². The van der Waals surface area contributed by atoms with Crippen molar-refractivity contribution in [3.05, 3.63) is 47.5 Å². The number of hydrogen-bond donors (Lipinski definition) is 1. The molecule has 0 bridgehead atoms. The number of hydrogen-bond acceptors (Lipinski definition) is 4. The quantitative estimate of drug-likeness (QED) is 0.818. The Balaban J connectivity index is 1.92. The number of halogens is 2. The first-order valence-corrected chi connectivity index (χ1v) is 8.09. The van der Waals surface area contributed by atoms with E-state index in [1.165, 1.54) is 7.11 Å². The SMILES string of the molecule is COC(=O)[C@@H](NC(=O)OCc1ccccc1)C1CCC(=C(F)F)CC1. The summed E-state index contributed by atoms with van der Waals surface area (Å²) in [7, 11) is 1.22. The molecule has 136 valence electrons. The van der Waals surface area contributed by atoms with E-state index >= 15 is 0 Å². The molecule has 7 heteroatoms. The van der Waals surface area contributed by atoms with E-state index in [1.54, 1.807) is 0 Å². The Morgan fingerprint density at radius 1 is 1.20 bits per heavy atom. The van der Waals surface area contributed by atoms with Gasteiger partial charge in [0.25, 0.3) is 6.08 Å². The Labute approximate surface area is 145 Å². The van der Waals surface area contributed by atoms with E-state index in [0.29, 0.717) is 12.8 Å². The Kier molecular flexibility index (Phi) is 6.91. The fraction of sp³-hybridized carbons (Fsp3) is 0.444. The molecule has 1 amide bonds. The van der Waals surface area contributed by atoms with Gasteiger partial charge in [0.1, 0.15) is 12.6 Å². The van der Waals surface area contributed by atoms with Crippen LogP contribution in [-0.4, -0.2) is 25.2 Å². The standard InChI is InChI=1S/C18H21F2NO4/c1-24-17(22)15(13-7-9-14(10-8-13)16(19)20)21-18(23)25-11-12-5-3-2-4-6-12/h2-6,13,15H,7-11H2,1H3,(H,21,23)/t15-/m0/s1. The van der Waals surface area contributed by atoms with Crippen molar-refractivity contribution in [2.24, 2.45) is 5.92 Å². The molecule has 0 saturated heterocycles. The van der Waals surface area contributed by atoms with Crippen LogP contribution in [0.5, 0.6) is 0 Å². The van der Waals surface area contributed by atoms with Crippen LogP contribution >= 0.6 is 0 Å². The maximum Gasteiger partial charge on any atom is 0.408 e. The van der Waals surface area contributed by atoms with Gasteiger partial charge in [-0.15, -0.1) is 0 Å². The summed E-state index contributed by atoms with van der Waals surface area (Å²) in [5.74, 6) is -0.866. The molecule has 1 fully saturated rings. The summed E-state index contributed by atoms with van der Waals surface area (Å²) in [6.45, 7) is 0.0746. The van der Waals surface area contributed by atoms with Crippen LogP contribution in [0.15, 0.2) is 42.0 Å². The molecule has 1 aromatic rings. The monoisotopic (exact) mass is 353 g/mol. The second-order valence-electron chi connectivity index (χ2n) is 5.91. The molecule has 1 N–H and O–H groups in total. The predicted octanol–water partition coefficient (Wildman–Crippen LogP) is 3.80. The molecule has 0 aromatic heterocycles. The lowest BCUT2D eigenvalue weighted by molar-refractivity contribution is -0.144. The van der Waals surface area contributed by atoms with E-state index < -0.39 is 24.2 Å². The van der Waals surface area contributed by atoms with Crippen LogP contribution in [0.3, 0.4) is 0 Å². The van der Waals surface area contributed by atoms with Crippen molar-refractivity contribution in [1.82, 2.24) is 5.32 Å². The lowest BCUT2D eigenvalue weighted by Gasteiger charge is -2.29. The molecular formula is C18H21F2NO4. The van der Waals surface area contributed by atoms with E-state index in [0.717, 1.165) is 5.56 Å². The van der Waals surface area contributed by atoms with Crippen LogP contribution in [0, 0.1) is 5.92 Å². The third-order valence-corrected chi connectivity index (χ3v) is 4.31. The van der Waals surface area contributed by atoms with Gasteiger partial charge < -0.3 is 14.8 Å². The Hall–Kier alpha value is -2.44. The highest BCUT2D eigenvalue weighted by molar-refractivity contribution is 5.81. The zero-order valence-electron chi connectivity index (χ0n) is 14.0. The predicted molar refractivity (Wildman–Crippen MR) is 86.8 cm³/mol. The summed E-state index contributed by atoms with van der Waals surface area (Å²) >= 11 is 0. The average Bonchev–Trinajstić information content (AvgIpc) is 2.64. The molecule has 5 nitrogen and oxygen atoms in total. The van der Waals surface area contributed by atoms with Gasteiger partial charge in [-0.25, -0.2) is 9.59 Å². The van der Waals surface area contributed by atoms with Gasteiger partial charge in [0.05, 0.1) is 7.11 Å². The topological polar surface area (TPSA) is 64.6 Å². The van der Waals surface area contributed by atoms with Gasteiger partial charge in [-0.3, -0.25) is 0 Å². The number of allylic oxidation sites excluding steroid dienone is 1. The lowest BCUT2D eigenvalue weighted by Crippen LogP contribution is -2.47. The maximum atomic E-state index is 12.6. The Bertz CT molecular complexity index is 619. The minimum atomic E-state index is -1.65.